The van der Waals surface area contributed by atoms with E-state index < -0.39 is 8.24 Å². The van der Waals surface area contributed by atoms with Crippen molar-refractivity contribution in [1.29, 1.82) is 0 Å². The van der Waals surface area contributed by atoms with Crippen LogP contribution in [-0.4, -0.2) is 22.8 Å². The third-order valence-electron chi connectivity index (χ3n) is 3.64. The van der Waals surface area contributed by atoms with Gasteiger partial charge in [-0.05, 0) is 17.2 Å². The van der Waals surface area contributed by atoms with Gasteiger partial charge in [-0.3, -0.25) is 0 Å². The number of aromatic nitrogens is 3. The Morgan fingerprint density at radius 1 is 1.29 bits per heavy atom. The molecule has 0 amide bonds. The molecule has 0 aliphatic carbocycles. The van der Waals surface area contributed by atoms with Crippen LogP contribution >= 0.6 is 0 Å². The molecule has 0 bridgehead atoms. The highest BCUT2D eigenvalue weighted by atomic mass is 28.3. The SMILES string of the molecule is CC(C)(C)[Si](C)(C)Nc1ncnn2cccc12. The van der Waals surface area contributed by atoms with Gasteiger partial charge in [0.25, 0.3) is 0 Å². The molecule has 17 heavy (non-hydrogen) atoms. The molecule has 0 atom stereocenters. The van der Waals surface area contributed by atoms with Crippen LogP contribution in [-0.2, 0) is 0 Å². The number of rotatable bonds is 2. The van der Waals surface area contributed by atoms with E-state index in [0.29, 0.717) is 0 Å². The largest absolute Gasteiger partial charge is 0.393 e. The fourth-order valence-corrected chi connectivity index (χ4v) is 2.61. The molecule has 92 valence electrons. The number of hydrogen-bond donors (Lipinski definition) is 1. The molecule has 0 aromatic carbocycles. The van der Waals surface area contributed by atoms with E-state index in [-0.39, 0.29) is 5.04 Å². The molecule has 4 nitrogen and oxygen atoms in total. The second kappa shape index (κ2) is 3.84. The number of hydrogen-bond acceptors (Lipinski definition) is 3. The monoisotopic (exact) mass is 248 g/mol. The maximum absolute atomic E-state index is 4.37. The summed E-state index contributed by atoms with van der Waals surface area (Å²) in [6.07, 6.45) is 3.54. The number of nitrogens with one attached hydrogen (secondary N) is 1. The van der Waals surface area contributed by atoms with Gasteiger partial charge in [0, 0.05) is 6.20 Å². The second-order valence-electron chi connectivity index (χ2n) is 5.95. The summed E-state index contributed by atoms with van der Waals surface area (Å²) in [6, 6.07) is 4.02. The van der Waals surface area contributed by atoms with Gasteiger partial charge in [-0.25, -0.2) is 9.50 Å². The van der Waals surface area contributed by atoms with Crippen molar-refractivity contribution >= 4 is 19.6 Å². The van der Waals surface area contributed by atoms with E-state index in [1.54, 1.807) is 6.33 Å². The van der Waals surface area contributed by atoms with E-state index in [1.807, 2.05) is 22.8 Å². The first kappa shape index (κ1) is 12.1. The molecular weight excluding hydrogens is 228 g/mol. The number of anilines is 1. The van der Waals surface area contributed by atoms with Crippen LogP contribution < -0.4 is 4.98 Å². The number of fused-ring (bicyclic) bond motifs is 1. The Bertz CT molecular complexity index is 525. The zero-order chi connectivity index (χ0) is 12.7. The summed E-state index contributed by atoms with van der Waals surface area (Å²) in [5.74, 6) is 0.941. The standard InChI is InChI=1S/C12H20N4Si/c1-12(2,3)17(4,5)15-11-10-7-6-8-16(10)14-9-13-11/h6-9H,1-5H3,(H,13,14,15). The van der Waals surface area contributed by atoms with Crippen LogP contribution in [0.25, 0.3) is 5.52 Å². The number of nitrogens with zero attached hydrogens (tertiary/aromatic N) is 3. The Balaban J connectivity index is 2.39. The molecule has 1 N–H and O–H groups in total. The van der Waals surface area contributed by atoms with Crippen molar-refractivity contribution in [3.63, 3.8) is 0 Å². The van der Waals surface area contributed by atoms with Crippen molar-refractivity contribution in [2.75, 3.05) is 4.98 Å². The topological polar surface area (TPSA) is 42.2 Å². The van der Waals surface area contributed by atoms with Gasteiger partial charge < -0.3 is 4.98 Å². The van der Waals surface area contributed by atoms with Crippen molar-refractivity contribution in [2.24, 2.45) is 0 Å². The highest BCUT2D eigenvalue weighted by Gasteiger charge is 2.36. The van der Waals surface area contributed by atoms with Gasteiger partial charge in [-0.2, -0.15) is 5.10 Å². The first-order chi connectivity index (χ1) is 7.81. The molecule has 0 aliphatic heterocycles. The summed E-state index contributed by atoms with van der Waals surface area (Å²) in [6.45, 7) is 11.5. The maximum Gasteiger partial charge on any atom is 0.154 e. The van der Waals surface area contributed by atoms with Gasteiger partial charge in [-0.15, -0.1) is 0 Å². The van der Waals surface area contributed by atoms with Crippen LogP contribution in [0.15, 0.2) is 24.7 Å². The van der Waals surface area contributed by atoms with E-state index in [0.717, 1.165) is 11.3 Å². The van der Waals surface area contributed by atoms with E-state index in [9.17, 15) is 0 Å². The molecule has 0 spiro atoms. The van der Waals surface area contributed by atoms with Gasteiger partial charge in [0.05, 0.1) is 0 Å². The predicted molar refractivity (Wildman–Crippen MR) is 73.8 cm³/mol. The zero-order valence-corrected chi connectivity index (χ0v) is 12.2. The molecule has 2 aromatic rings. The first-order valence-electron chi connectivity index (χ1n) is 5.88. The fraction of sp³-hybridized carbons (Fsp3) is 0.500. The second-order valence-corrected chi connectivity index (χ2v) is 10.9. The van der Waals surface area contributed by atoms with Crippen LogP contribution in [0, 0.1) is 0 Å². The van der Waals surface area contributed by atoms with E-state index in [4.69, 9.17) is 0 Å². The normalized spacial score (nSPS) is 13.0. The third-order valence-corrected chi connectivity index (χ3v) is 8.25. The Morgan fingerprint density at radius 2 is 2.00 bits per heavy atom. The summed E-state index contributed by atoms with van der Waals surface area (Å²) in [4.78, 5) is 8.02. The molecular formula is C12H20N4Si. The minimum absolute atomic E-state index is 0.279. The summed E-state index contributed by atoms with van der Waals surface area (Å²) < 4.78 is 1.85. The maximum atomic E-state index is 4.37. The minimum Gasteiger partial charge on any atom is -0.393 e. The lowest BCUT2D eigenvalue weighted by Crippen LogP contribution is -2.46. The summed E-state index contributed by atoms with van der Waals surface area (Å²) in [5.41, 5.74) is 1.04. The van der Waals surface area contributed by atoms with Crippen LogP contribution in [0.5, 0.6) is 0 Å². The van der Waals surface area contributed by atoms with Crippen molar-refractivity contribution < 1.29 is 0 Å². The minimum atomic E-state index is -1.59. The Labute approximate surface area is 103 Å². The summed E-state index contributed by atoms with van der Waals surface area (Å²) >= 11 is 0. The quantitative estimate of drug-likeness (QED) is 0.830. The molecule has 0 saturated carbocycles. The fourth-order valence-electron chi connectivity index (χ4n) is 1.45. The van der Waals surface area contributed by atoms with Gasteiger partial charge >= 0.3 is 0 Å². The molecule has 0 saturated heterocycles. The van der Waals surface area contributed by atoms with Crippen molar-refractivity contribution in [2.45, 2.75) is 38.9 Å². The summed E-state index contributed by atoms with van der Waals surface area (Å²) in [7, 11) is -1.59. The Hall–Kier alpha value is -1.36. The van der Waals surface area contributed by atoms with Crippen LogP contribution in [0.1, 0.15) is 20.8 Å². The van der Waals surface area contributed by atoms with Crippen molar-refractivity contribution in [1.82, 2.24) is 14.6 Å². The summed E-state index contributed by atoms with van der Waals surface area (Å²) in [5, 5.41) is 4.45. The van der Waals surface area contributed by atoms with Gasteiger partial charge in [0.15, 0.2) is 8.24 Å². The first-order valence-corrected chi connectivity index (χ1v) is 8.88. The third kappa shape index (κ3) is 2.19. The Morgan fingerprint density at radius 3 is 2.65 bits per heavy atom. The lowest BCUT2D eigenvalue weighted by atomic mass is 10.2. The van der Waals surface area contributed by atoms with Crippen LogP contribution in [0.4, 0.5) is 5.82 Å². The average Bonchev–Trinajstić information content (AvgIpc) is 2.64. The average molecular weight is 248 g/mol. The lowest BCUT2D eigenvalue weighted by Gasteiger charge is -2.37. The molecule has 2 aromatic heterocycles. The molecule has 0 fully saturated rings. The van der Waals surface area contributed by atoms with E-state index in [2.05, 4.69) is 48.9 Å². The highest BCUT2D eigenvalue weighted by Crippen LogP contribution is 2.36. The smallest absolute Gasteiger partial charge is 0.154 e. The van der Waals surface area contributed by atoms with Gasteiger partial charge in [0.1, 0.15) is 17.7 Å². The molecule has 5 heteroatoms. The lowest BCUT2D eigenvalue weighted by molar-refractivity contribution is 0.723. The van der Waals surface area contributed by atoms with Crippen LogP contribution in [0.2, 0.25) is 18.1 Å². The van der Waals surface area contributed by atoms with Crippen LogP contribution in [0.3, 0.4) is 0 Å². The zero-order valence-electron chi connectivity index (χ0n) is 11.2. The predicted octanol–water partition coefficient (Wildman–Crippen LogP) is 3.15. The molecule has 0 unspecified atom stereocenters. The van der Waals surface area contributed by atoms with E-state index >= 15 is 0 Å². The van der Waals surface area contributed by atoms with Gasteiger partial charge in [0.2, 0.25) is 0 Å². The van der Waals surface area contributed by atoms with Crippen molar-refractivity contribution in [3.05, 3.63) is 24.7 Å². The Kier molecular flexibility index (Phi) is 2.73. The van der Waals surface area contributed by atoms with Crippen molar-refractivity contribution in [3.8, 4) is 0 Å². The van der Waals surface area contributed by atoms with E-state index in [1.165, 1.54) is 0 Å². The van der Waals surface area contributed by atoms with Gasteiger partial charge in [-0.1, -0.05) is 33.9 Å². The molecule has 0 aliphatic rings. The highest BCUT2D eigenvalue weighted by molar-refractivity contribution is 6.83. The molecule has 2 rings (SSSR count). The molecule has 2 heterocycles. The molecule has 0 radical (unpaired) electrons.